The summed E-state index contributed by atoms with van der Waals surface area (Å²) in [6.07, 6.45) is 0.105. The van der Waals surface area contributed by atoms with Gasteiger partial charge in [0, 0.05) is 12.8 Å². The monoisotopic (exact) mass is 432 g/mol. The van der Waals surface area contributed by atoms with Gasteiger partial charge in [-0.3, -0.25) is 14.3 Å². The average Bonchev–Trinajstić information content (AvgIpc) is 3.06. The fourth-order valence-corrected chi connectivity index (χ4v) is 4.28. The van der Waals surface area contributed by atoms with Crippen molar-refractivity contribution in [2.45, 2.75) is 24.7 Å². The minimum atomic E-state index is -4.10. The molecule has 30 heavy (non-hydrogen) atoms. The summed E-state index contributed by atoms with van der Waals surface area (Å²) in [5, 5.41) is 0. The molecule has 0 aromatic heterocycles. The number of methoxy groups -OCH3 is 2. The third-order valence-electron chi connectivity index (χ3n) is 4.74. The van der Waals surface area contributed by atoms with Crippen molar-refractivity contribution in [3.05, 3.63) is 47.5 Å². The molecule has 158 valence electrons. The summed E-state index contributed by atoms with van der Waals surface area (Å²) in [4.78, 5) is 36.9. The maximum Gasteiger partial charge on any atom is 0.338 e. The van der Waals surface area contributed by atoms with Crippen LogP contribution < -0.4 is 14.4 Å². The quantitative estimate of drug-likeness (QED) is 0.549. The van der Waals surface area contributed by atoms with Crippen molar-refractivity contribution >= 4 is 39.2 Å². The second-order valence-electron chi connectivity index (χ2n) is 6.53. The highest BCUT2D eigenvalue weighted by atomic mass is 32.2. The van der Waals surface area contributed by atoms with E-state index in [1.807, 2.05) is 0 Å². The average molecular weight is 432 g/mol. The maximum atomic E-state index is 13.0. The summed E-state index contributed by atoms with van der Waals surface area (Å²) in [5.74, 6) is -1.25. The molecule has 0 saturated carbocycles. The summed E-state index contributed by atoms with van der Waals surface area (Å²) >= 11 is 0. The number of sulfonamides is 1. The first-order valence-corrected chi connectivity index (χ1v) is 10.4. The van der Waals surface area contributed by atoms with Gasteiger partial charge in [-0.1, -0.05) is 6.07 Å². The van der Waals surface area contributed by atoms with E-state index < -0.39 is 27.8 Å². The van der Waals surface area contributed by atoms with Crippen LogP contribution in [-0.4, -0.2) is 40.4 Å². The van der Waals surface area contributed by atoms with Crippen LogP contribution in [-0.2, 0) is 24.3 Å². The highest BCUT2D eigenvalue weighted by molar-refractivity contribution is 7.92. The lowest BCUT2D eigenvalue weighted by atomic mass is 10.1. The molecule has 1 aliphatic rings. The number of nitrogens with zero attached hydrogens (tertiary/aromatic N) is 1. The van der Waals surface area contributed by atoms with E-state index in [2.05, 4.69) is 4.72 Å². The molecule has 1 aliphatic heterocycles. The summed E-state index contributed by atoms with van der Waals surface area (Å²) in [6, 6.07) is 8.45. The van der Waals surface area contributed by atoms with Gasteiger partial charge in [0.25, 0.3) is 10.0 Å². The number of rotatable bonds is 6. The number of nitrogens with one attached hydrogen (secondary N) is 1. The van der Waals surface area contributed by atoms with Crippen LogP contribution in [0.4, 0.5) is 11.4 Å². The number of carbonyl (C=O) groups is 3. The summed E-state index contributed by atoms with van der Waals surface area (Å²) in [6.45, 7) is 1.59. The fourth-order valence-electron chi connectivity index (χ4n) is 3.14. The van der Waals surface area contributed by atoms with Crippen molar-refractivity contribution in [3.63, 3.8) is 0 Å². The molecule has 1 heterocycles. The van der Waals surface area contributed by atoms with E-state index in [-0.39, 0.29) is 40.4 Å². The fraction of sp³-hybridized carbons (Fsp3) is 0.250. The molecule has 1 saturated heterocycles. The van der Waals surface area contributed by atoms with Gasteiger partial charge in [-0.05, 0) is 42.8 Å². The van der Waals surface area contributed by atoms with Crippen LogP contribution in [0.5, 0.6) is 5.75 Å². The van der Waals surface area contributed by atoms with E-state index in [1.54, 1.807) is 6.92 Å². The number of carbonyl (C=O) groups excluding carboxylic acids is 3. The van der Waals surface area contributed by atoms with Gasteiger partial charge in [0.15, 0.2) is 0 Å². The van der Waals surface area contributed by atoms with Crippen LogP contribution in [0.1, 0.15) is 28.8 Å². The van der Waals surface area contributed by atoms with Gasteiger partial charge in [0.2, 0.25) is 11.8 Å². The Kier molecular flexibility index (Phi) is 5.79. The highest BCUT2D eigenvalue weighted by Crippen LogP contribution is 2.35. The number of anilines is 2. The molecule has 1 N–H and O–H groups in total. The second-order valence-corrected chi connectivity index (χ2v) is 8.21. The number of hydrogen-bond acceptors (Lipinski definition) is 7. The molecular weight excluding hydrogens is 412 g/mol. The molecule has 2 aromatic carbocycles. The Labute approximate surface area is 173 Å². The first kappa shape index (κ1) is 21.3. The zero-order valence-electron chi connectivity index (χ0n) is 16.6. The second kappa shape index (κ2) is 8.15. The van der Waals surface area contributed by atoms with Crippen molar-refractivity contribution in [2.24, 2.45) is 0 Å². The topological polar surface area (TPSA) is 119 Å². The summed E-state index contributed by atoms with van der Waals surface area (Å²) in [5.41, 5.74) is 0.879. The largest absolute Gasteiger partial charge is 0.495 e. The Morgan fingerprint density at radius 2 is 1.73 bits per heavy atom. The lowest BCUT2D eigenvalue weighted by Crippen LogP contribution is -2.29. The maximum absolute atomic E-state index is 13.0. The Bertz CT molecular complexity index is 1130. The normalized spacial score (nSPS) is 14.0. The molecule has 3 rings (SSSR count). The Morgan fingerprint density at radius 1 is 1.07 bits per heavy atom. The van der Waals surface area contributed by atoms with Crippen molar-refractivity contribution < 1.29 is 32.3 Å². The van der Waals surface area contributed by atoms with E-state index in [1.165, 1.54) is 50.6 Å². The summed E-state index contributed by atoms with van der Waals surface area (Å²) < 4.78 is 38.3. The van der Waals surface area contributed by atoms with Gasteiger partial charge in [-0.15, -0.1) is 0 Å². The van der Waals surface area contributed by atoms with Crippen LogP contribution >= 0.6 is 0 Å². The minimum Gasteiger partial charge on any atom is -0.495 e. The third-order valence-corrected chi connectivity index (χ3v) is 6.10. The van der Waals surface area contributed by atoms with Crippen LogP contribution in [0.25, 0.3) is 0 Å². The smallest absolute Gasteiger partial charge is 0.338 e. The molecule has 0 atom stereocenters. The molecule has 0 bridgehead atoms. The van der Waals surface area contributed by atoms with Crippen molar-refractivity contribution in [1.82, 2.24) is 0 Å². The zero-order valence-corrected chi connectivity index (χ0v) is 17.4. The summed E-state index contributed by atoms with van der Waals surface area (Å²) in [7, 11) is -1.51. The molecule has 0 unspecified atom stereocenters. The molecule has 1 fully saturated rings. The predicted octanol–water partition coefficient (Wildman–Crippen LogP) is 2.24. The Morgan fingerprint density at radius 3 is 2.33 bits per heavy atom. The molecule has 0 aliphatic carbocycles. The first-order valence-electron chi connectivity index (χ1n) is 8.94. The lowest BCUT2D eigenvalue weighted by Gasteiger charge is -2.19. The molecule has 2 amide bonds. The lowest BCUT2D eigenvalue weighted by molar-refractivity contribution is -0.121. The van der Waals surface area contributed by atoms with Gasteiger partial charge in [0.1, 0.15) is 5.75 Å². The Balaban J connectivity index is 2.02. The van der Waals surface area contributed by atoms with Gasteiger partial charge in [-0.2, -0.15) is 0 Å². The molecular formula is C20H20N2O7S. The number of esters is 1. The molecule has 9 nitrogen and oxygen atoms in total. The van der Waals surface area contributed by atoms with Crippen LogP contribution in [0.15, 0.2) is 41.3 Å². The number of hydrogen-bond donors (Lipinski definition) is 1. The van der Waals surface area contributed by atoms with Gasteiger partial charge in [-0.25, -0.2) is 18.1 Å². The minimum absolute atomic E-state index is 0.0523. The van der Waals surface area contributed by atoms with E-state index in [9.17, 15) is 22.8 Å². The number of imide groups is 1. The van der Waals surface area contributed by atoms with E-state index >= 15 is 0 Å². The molecule has 2 aromatic rings. The van der Waals surface area contributed by atoms with Gasteiger partial charge >= 0.3 is 5.97 Å². The number of amides is 2. The van der Waals surface area contributed by atoms with Crippen LogP contribution in [0, 0.1) is 6.92 Å². The van der Waals surface area contributed by atoms with Crippen molar-refractivity contribution in [1.29, 1.82) is 0 Å². The first-order chi connectivity index (χ1) is 14.2. The van der Waals surface area contributed by atoms with E-state index in [0.717, 1.165) is 4.90 Å². The van der Waals surface area contributed by atoms with E-state index in [4.69, 9.17) is 9.47 Å². The SMILES string of the molecule is COC(=O)c1cccc(NS(=O)(=O)c2ccc(OC)c(N3C(=O)CCC3=O)c2)c1C. The zero-order chi connectivity index (χ0) is 22.1. The Hall–Kier alpha value is -3.40. The highest BCUT2D eigenvalue weighted by Gasteiger charge is 2.33. The third kappa shape index (κ3) is 3.86. The van der Waals surface area contributed by atoms with Crippen molar-refractivity contribution in [3.8, 4) is 5.75 Å². The number of benzene rings is 2. The van der Waals surface area contributed by atoms with Gasteiger partial charge in [0.05, 0.1) is 36.1 Å². The molecule has 0 radical (unpaired) electrons. The molecule has 10 heteroatoms. The van der Waals surface area contributed by atoms with Crippen molar-refractivity contribution in [2.75, 3.05) is 23.8 Å². The number of ether oxygens (including phenoxy) is 2. The standard InChI is InChI=1S/C20H20N2O7S/c1-12-14(20(25)29-3)5-4-6-15(12)21-30(26,27)13-7-8-17(28-2)16(11-13)22-18(23)9-10-19(22)24/h4-8,11,21H,9-10H2,1-3H3. The van der Waals surface area contributed by atoms with Crippen LogP contribution in [0.3, 0.4) is 0 Å². The predicted molar refractivity (Wildman–Crippen MR) is 108 cm³/mol. The van der Waals surface area contributed by atoms with Gasteiger partial charge < -0.3 is 9.47 Å². The van der Waals surface area contributed by atoms with Crippen LogP contribution in [0.2, 0.25) is 0 Å². The van der Waals surface area contributed by atoms with E-state index in [0.29, 0.717) is 5.56 Å². The molecule has 0 spiro atoms.